The first kappa shape index (κ1) is 15.8. The lowest BCUT2D eigenvalue weighted by atomic mass is 9.98. The van der Waals surface area contributed by atoms with E-state index in [1.807, 2.05) is 7.05 Å². The molecule has 1 fully saturated rings. The molecule has 112 valence electrons. The van der Waals surface area contributed by atoms with E-state index < -0.39 is 0 Å². The largest absolute Gasteiger partial charge is 0.371 e. The van der Waals surface area contributed by atoms with Gasteiger partial charge >= 0.3 is 0 Å². The van der Waals surface area contributed by atoms with Gasteiger partial charge in [-0.1, -0.05) is 19.4 Å². The Bertz CT molecular complexity index is 433. The van der Waals surface area contributed by atoms with Crippen LogP contribution in [0.1, 0.15) is 51.1 Å². The van der Waals surface area contributed by atoms with Gasteiger partial charge in [0.1, 0.15) is 0 Å². The summed E-state index contributed by atoms with van der Waals surface area (Å²) in [5.74, 6) is 0.919. The number of hydrogen-bond donors (Lipinski definition) is 1. The lowest BCUT2D eigenvalue weighted by Gasteiger charge is -2.25. The third kappa shape index (κ3) is 3.76. The van der Waals surface area contributed by atoms with Crippen LogP contribution in [0, 0.1) is 5.92 Å². The van der Waals surface area contributed by atoms with Crippen LogP contribution in [0.2, 0.25) is 0 Å². The van der Waals surface area contributed by atoms with E-state index in [2.05, 4.69) is 58.2 Å². The van der Waals surface area contributed by atoms with Gasteiger partial charge in [-0.3, -0.25) is 0 Å². The molecule has 0 amide bonds. The number of nitrogens with zero attached hydrogens (tertiary/aromatic N) is 1. The molecular weight excluding hydrogens is 312 g/mol. The van der Waals surface area contributed by atoms with Gasteiger partial charge in [0.25, 0.3) is 0 Å². The van der Waals surface area contributed by atoms with E-state index in [4.69, 9.17) is 0 Å². The van der Waals surface area contributed by atoms with Crippen molar-refractivity contribution in [2.75, 3.05) is 25.0 Å². The summed E-state index contributed by atoms with van der Waals surface area (Å²) in [6.45, 7) is 6.90. The van der Waals surface area contributed by atoms with E-state index in [9.17, 15) is 0 Å². The monoisotopic (exact) mass is 338 g/mol. The summed E-state index contributed by atoms with van der Waals surface area (Å²) < 4.78 is 1.23. The Balaban J connectivity index is 2.12. The third-order valence-corrected chi connectivity index (χ3v) is 5.31. The van der Waals surface area contributed by atoms with Crippen LogP contribution in [0.15, 0.2) is 22.7 Å². The molecule has 0 bridgehead atoms. The summed E-state index contributed by atoms with van der Waals surface area (Å²) in [5, 5.41) is 3.30. The van der Waals surface area contributed by atoms with Crippen molar-refractivity contribution in [1.29, 1.82) is 0 Å². The standard InChI is InChI=1S/C17H27BrN2/c1-4-14-6-5-10-20(11-9-14)17-8-7-15(12-16(17)18)13(2)19-3/h7-8,12-14,19H,4-6,9-11H2,1-3H3. The second kappa shape index (κ2) is 7.46. The Kier molecular flexibility index (Phi) is 5.91. The molecule has 2 unspecified atom stereocenters. The number of hydrogen-bond acceptors (Lipinski definition) is 2. The van der Waals surface area contributed by atoms with Crippen molar-refractivity contribution >= 4 is 21.6 Å². The Hall–Kier alpha value is -0.540. The molecule has 2 atom stereocenters. The molecule has 1 heterocycles. The molecule has 1 aliphatic heterocycles. The van der Waals surface area contributed by atoms with Gasteiger partial charge in [0, 0.05) is 23.6 Å². The molecule has 20 heavy (non-hydrogen) atoms. The van der Waals surface area contributed by atoms with Gasteiger partial charge in [-0.2, -0.15) is 0 Å². The Morgan fingerprint density at radius 3 is 2.80 bits per heavy atom. The van der Waals surface area contributed by atoms with E-state index >= 15 is 0 Å². The summed E-state index contributed by atoms with van der Waals surface area (Å²) in [4.78, 5) is 2.55. The maximum absolute atomic E-state index is 3.77. The molecule has 0 spiro atoms. The highest BCUT2D eigenvalue weighted by Crippen LogP contribution is 2.32. The van der Waals surface area contributed by atoms with E-state index in [0.717, 1.165) is 5.92 Å². The first-order chi connectivity index (χ1) is 9.65. The smallest absolute Gasteiger partial charge is 0.0510 e. The summed E-state index contributed by atoms with van der Waals surface area (Å²) in [6.07, 6.45) is 5.37. The van der Waals surface area contributed by atoms with E-state index in [0.29, 0.717) is 6.04 Å². The second-order valence-corrected chi connectivity index (χ2v) is 6.77. The van der Waals surface area contributed by atoms with Gasteiger partial charge in [-0.25, -0.2) is 0 Å². The lowest BCUT2D eigenvalue weighted by Crippen LogP contribution is -2.24. The molecule has 0 saturated carbocycles. The first-order valence-electron chi connectivity index (χ1n) is 7.87. The Morgan fingerprint density at radius 1 is 1.35 bits per heavy atom. The fourth-order valence-electron chi connectivity index (χ4n) is 3.03. The minimum absolute atomic E-state index is 0.397. The normalized spacial score (nSPS) is 21.6. The van der Waals surface area contributed by atoms with Crippen LogP contribution in [0.5, 0.6) is 0 Å². The van der Waals surface area contributed by atoms with Crippen molar-refractivity contribution in [2.24, 2.45) is 5.92 Å². The predicted octanol–water partition coefficient (Wildman–Crippen LogP) is 4.75. The van der Waals surface area contributed by atoms with Crippen molar-refractivity contribution in [2.45, 2.75) is 45.6 Å². The molecule has 3 heteroatoms. The van der Waals surface area contributed by atoms with Gasteiger partial charge in [-0.15, -0.1) is 0 Å². The minimum Gasteiger partial charge on any atom is -0.371 e. The minimum atomic E-state index is 0.397. The van der Waals surface area contributed by atoms with Gasteiger partial charge in [0.2, 0.25) is 0 Å². The quantitative estimate of drug-likeness (QED) is 0.852. The fraction of sp³-hybridized carbons (Fsp3) is 0.647. The number of anilines is 1. The molecule has 1 aromatic carbocycles. The van der Waals surface area contributed by atoms with Crippen LogP contribution < -0.4 is 10.2 Å². The molecule has 1 aromatic rings. The fourth-order valence-corrected chi connectivity index (χ4v) is 3.68. The van der Waals surface area contributed by atoms with Crippen LogP contribution in [0.3, 0.4) is 0 Å². The van der Waals surface area contributed by atoms with E-state index in [1.165, 1.54) is 54.5 Å². The molecule has 2 rings (SSSR count). The lowest BCUT2D eigenvalue weighted by molar-refractivity contribution is 0.459. The number of rotatable bonds is 4. The van der Waals surface area contributed by atoms with Crippen molar-refractivity contribution in [3.63, 3.8) is 0 Å². The third-order valence-electron chi connectivity index (χ3n) is 4.67. The first-order valence-corrected chi connectivity index (χ1v) is 8.66. The van der Waals surface area contributed by atoms with Crippen LogP contribution >= 0.6 is 15.9 Å². The topological polar surface area (TPSA) is 15.3 Å². The van der Waals surface area contributed by atoms with Gasteiger partial charge in [-0.05, 0) is 72.8 Å². The molecule has 0 radical (unpaired) electrons. The van der Waals surface area contributed by atoms with Crippen molar-refractivity contribution < 1.29 is 0 Å². The number of halogens is 1. The van der Waals surface area contributed by atoms with Crippen LogP contribution in [-0.4, -0.2) is 20.1 Å². The van der Waals surface area contributed by atoms with E-state index in [1.54, 1.807) is 0 Å². The summed E-state index contributed by atoms with van der Waals surface area (Å²) in [6, 6.07) is 7.19. The van der Waals surface area contributed by atoms with Crippen molar-refractivity contribution in [3.05, 3.63) is 28.2 Å². The zero-order valence-electron chi connectivity index (χ0n) is 13.0. The zero-order chi connectivity index (χ0) is 14.5. The molecule has 1 aliphatic rings. The maximum atomic E-state index is 3.77. The Morgan fingerprint density at radius 2 is 2.15 bits per heavy atom. The highest BCUT2D eigenvalue weighted by atomic mass is 79.9. The Labute approximate surface area is 132 Å². The molecule has 2 nitrogen and oxygen atoms in total. The second-order valence-electron chi connectivity index (χ2n) is 5.91. The summed E-state index contributed by atoms with van der Waals surface area (Å²) in [5.41, 5.74) is 2.69. The SMILES string of the molecule is CCC1CCCN(c2ccc(C(C)NC)cc2Br)CC1. The van der Waals surface area contributed by atoms with Crippen molar-refractivity contribution in [1.82, 2.24) is 5.32 Å². The molecule has 0 aliphatic carbocycles. The van der Waals surface area contributed by atoms with Crippen LogP contribution in [-0.2, 0) is 0 Å². The average Bonchev–Trinajstić information content (AvgIpc) is 2.71. The highest BCUT2D eigenvalue weighted by molar-refractivity contribution is 9.10. The zero-order valence-corrected chi connectivity index (χ0v) is 14.5. The van der Waals surface area contributed by atoms with Crippen LogP contribution in [0.25, 0.3) is 0 Å². The molecule has 1 saturated heterocycles. The molecule has 1 N–H and O–H groups in total. The number of benzene rings is 1. The van der Waals surface area contributed by atoms with Gasteiger partial charge < -0.3 is 10.2 Å². The van der Waals surface area contributed by atoms with E-state index in [-0.39, 0.29) is 0 Å². The molecular formula is C17H27BrN2. The average molecular weight is 339 g/mol. The predicted molar refractivity (Wildman–Crippen MR) is 91.5 cm³/mol. The maximum Gasteiger partial charge on any atom is 0.0510 e. The van der Waals surface area contributed by atoms with Gasteiger partial charge in [0.05, 0.1) is 5.69 Å². The van der Waals surface area contributed by atoms with Crippen molar-refractivity contribution in [3.8, 4) is 0 Å². The molecule has 0 aromatic heterocycles. The summed E-state index contributed by atoms with van der Waals surface area (Å²) in [7, 11) is 2.01. The highest BCUT2D eigenvalue weighted by Gasteiger charge is 2.18. The van der Waals surface area contributed by atoms with Gasteiger partial charge in [0.15, 0.2) is 0 Å². The summed E-state index contributed by atoms with van der Waals surface area (Å²) >= 11 is 3.77. The number of nitrogens with one attached hydrogen (secondary N) is 1. The van der Waals surface area contributed by atoms with Crippen LogP contribution in [0.4, 0.5) is 5.69 Å².